The highest BCUT2D eigenvalue weighted by Gasteiger charge is 2.31. The molecule has 4 nitrogen and oxygen atoms in total. The summed E-state index contributed by atoms with van der Waals surface area (Å²) in [4.78, 5) is 29.3. The summed E-state index contributed by atoms with van der Waals surface area (Å²) >= 11 is 6.23. The Morgan fingerprint density at radius 3 is 2.83 bits per heavy atom. The number of rotatable bonds is 3. The van der Waals surface area contributed by atoms with Crippen LogP contribution in [0.25, 0.3) is 0 Å². The molecule has 1 amide bonds. The fraction of sp³-hybridized carbons (Fsp3) is 0.333. The van der Waals surface area contributed by atoms with Crippen molar-refractivity contribution < 1.29 is 4.79 Å². The largest absolute Gasteiger partial charge is 0.335 e. The predicted molar refractivity (Wildman–Crippen MR) is 91.0 cm³/mol. The van der Waals surface area contributed by atoms with Crippen LogP contribution in [0.15, 0.2) is 41.2 Å². The summed E-state index contributed by atoms with van der Waals surface area (Å²) in [6.45, 7) is 2.48. The van der Waals surface area contributed by atoms with E-state index in [0.29, 0.717) is 6.54 Å². The molecule has 0 aliphatic carbocycles. The van der Waals surface area contributed by atoms with Crippen molar-refractivity contribution in [2.75, 3.05) is 6.54 Å². The zero-order valence-corrected chi connectivity index (χ0v) is 13.8. The highest BCUT2D eigenvalue weighted by molar-refractivity contribution is 6.31. The number of hydrogen-bond donors (Lipinski definition) is 1. The monoisotopic (exact) mass is 330 g/mol. The zero-order valence-electron chi connectivity index (χ0n) is 13.0. The van der Waals surface area contributed by atoms with Gasteiger partial charge < -0.3 is 9.88 Å². The van der Waals surface area contributed by atoms with Crippen molar-refractivity contribution in [2.24, 2.45) is 0 Å². The van der Waals surface area contributed by atoms with Gasteiger partial charge in [0.15, 0.2) is 0 Å². The van der Waals surface area contributed by atoms with Crippen molar-refractivity contribution in [1.29, 1.82) is 0 Å². The Bertz CT molecular complexity index is 785. The Labute approximate surface area is 140 Å². The number of aromatic amines is 1. The Morgan fingerprint density at radius 2 is 2.09 bits per heavy atom. The molecular formula is C18H19ClN2O2. The van der Waals surface area contributed by atoms with Crippen molar-refractivity contribution in [3.05, 3.63) is 68.6 Å². The van der Waals surface area contributed by atoms with Crippen molar-refractivity contribution in [3.63, 3.8) is 0 Å². The minimum Gasteiger partial charge on any atom is -0.335 e. The molecule has 0 spiro atoms. The molecule has 120 valence electrons. The molecule has 1 aromatic heterocycles. The topological polar surface area (TPSA) is 53.2 Å². The second-order valence-corrected chi connectivity index (χ2v) is 6.38. The van der Waals surface area contributed by atoms with Crippen LogP contribution in [0, 0.1) is 6.92 Å². The first-order valence-electron chi connectivity index (χ1n) is 7.80. The number of benzene rings is 1. The number of pyridine rings is 1. The number of hydrogen-bond acceptors (Lipinski definition) is 2. The molecule has 0 radical (unpaired) electrons. The molecule has 3 rings (SSSR count). The summed E-state index contributed by atoms with van der Waals surface area (Å²) in [7, 11) is 0. The van der Waals surface area contributed by atoms with E-state index >= 15 is 0 Å². The lowest BCUT2D eigenvalue weighted by Gasteiger charge is -2.25. The molecule has 0 bridgehead atoms. The molecule has 1 aromatic carbocycles. The van der Waals surface area contributed by atoms with Gasteiger partial charge in [0.25, 0.3) is 11.5 Å². The van der Waals surface area contributed by atoms with Crippen LogP contribution in [0.3, 0.4) is 0 Å². The van der Waals surface area contributed by atoms with Crippen LogP contribution in [-0.2, 0) is 6.42 Å². The van der Waals surface area contributed by atoms with Gasteiger partial charge in [-0.2, -0.15) is 0 Å². The van der Waals surface area contributed by atoms with Gasteiger partial charge in [0.1, 0.15) is 5.56 Å². The highest BCUT2D eigenvalue weighted by atomic mass is 35.5. The van der Waals surface area contributed by atoms with Gasteiger partial charge in [-0.25, -0.2) is 0 Å². The lowest BCUT2D eigenvalue weighted by atomic mass is 10.0. The first-order valence-corrected chi connectivity index (χ1v) is 8.18. The van der Waals surface area contributed by atoms with Gasteiger partial charge in [0.2, 0.25) is 0 Å². The fourth-order valence-corrected chi connectivity index (χ4v) is 3.34. The Hall–Kier alpha value is -2.07. The van der Waals surface area contributed by atoms with E-state index in [-0.39, 0.29) is 23.1 Å². The van der Waals surface area contributed by atoms with Crippen molar-refractivity contribution in [2.45, 2.75) is 32.2 Å². The number of carbonyl (C=O) groups is 1. The van der Waals surface area contributed by atoms with E-state index in [4.69, 9.17) is 11.6 Å². The maximum Gasteiger partial charge on any atom is 0.260 e. The van der Waals surface area contributed by atoms with Crippen molar-refractivity contribution >= 4 is 17.5 Å². The van der Waals surface area contributed by atoms with Gasteiger partial charge in [0.05, 0.1) is 0 Å². The molecule has 1 aliphatic rings. The lowest BCUT2D eigenvalue weighted by Crippen LogP contribution is -2.39. The van der Waals surface area contributed by atoms with Crippen LogP contribution in [0.4, 0.5) is 0 Å². The summed E-state index contributed by atoms with van der Waals surface area (Å²) in [5.74, 6) is -0.194. The van der Waals surface area contributed by atoms with E-state index in [1.54, 1.807) is 19.1 Å². The number of halogens is 1. The van der Waals surface area contributed by atoms with Gasteiger partial charge >= 0.3 is 0 Å². The molecule has 23 heavy (non-hydrogen) atoms. The standard InChI is InChI=1S/C18H19ClN2O2/c1-12-8-9-15(17(22)20-12)18(23)21-10-4-6-14(21)11-13-5-2-3-7-16(13)19/h2-3,5,7-9,14H,4,6,10-11H2,1H3,(H,20,22)/t14-/m0/s1. The molecular weight excluding hydrogens is 312 g/mol. The summed E-state index contributed by atoms with van der Waals surface area (Å²) in [5, 5.41) is 0.722. The van der Waals surface area contributed by atoms with Gasteiger partial charge in [0, 0.05) is 23.3 Å². The molecule has 1 atom stereocenters. The number of nitrogens with zero attached hydrogens (tertiary/aromatic N) is 1. The quantitative estimate of drug-likeness (QED) is 0.939. The maximum absolute atomic E-state index is 12.7. The molecule has 1 fully saturated rings. The average Bonchev–Trinajstić information content (AvgIpc) is 2.97. The van der Waals surface area contributed by atoms with Crippen LogP contribution in [0.1, 0.15) is 34.5 Å². The highest BCUT2D eigenvalue weighted by Crippen LogP contribution is 2.25. The van der Waals surface area contributed by atoms with Crippen molar-refractivity contribution in [3.8, 4) is 0 Å². The lowest BCUT2D eigenvalue weighted by molar-refractivity contribution is 0.0734. The van der Waals surface area contributed by atoms with E-state index < -0.39 is 0 Å². The minimum absolute atomic E-state index is 0.0862. The molecule has 1 N–H and O–H groups in total. The van der Waals surface area contributed by atoms with Gasteiger partial charge in [-0.05, 0) is 49.9 Å². The first-order chi connectivity index (χ1) is 11.1. The first kappa shape index (κ1) is 15.8. The number of aromatic nitrogens is 1. The molecule has 1 saturated heterocycles. The van der Waals surface area contributed by atoms with E-state index in [0.717, 1.165) is 35.5 Å². The molecule has 2 heterocycles. The molecule has 0 saturated carbocycles. The van der Waals surface area contributed by atoms with Gasteiger partial charge in [-0.1, -0.05) is 29.8 Å². The molecule has 1 aliphatic heterocycles. The third kappa shape index (κ3) is 3.32. The second kappa shape index (κ2) is 6.59. The maximum atomic E-state index is 12.7. The molecule has 2 aromatic rings. The fourth-order valence-electron chi connectivity index (χ4n) is 3.13. The third-order valence-corrected chi connectivity index (χ3v) is 4.71. The van der Waals surface area contributed by atoms with Gasteiger partial charge in [-0.3, -0.25) is 9.59 Å². The van der Waals surface area contributed by atoms with E-state index in [2.05, 4.69) is 4.98 Å². The number of likely N-dealkylation sites (tertiary alicyclic amines) is 1. The molecule has 5 heteroatoms. The summed E-state index contributed by atoms with van der Waals surface area (Å²) < 4.78 is 0. The predicted octanol–water partition coefficient (Wildman–Crippen LogP) is 3.18. The SMILES string of the molecule is Cc1ccc(C(=O)N2CCC[C@H]2Cc2ccccc2Cl)c(=O)[nH]1. The van der Waals surface area contributed by atoms with Crippen LogP contribution < -0.4 is 5.56 Å². The van der Waals surface area contributed by atoms with Crippen molar-refractivity contribution in [1.82, 2.24) is 9.88 Å². The number of H-pyrrole nitrogens is 1. The van der Waals surface area contributed by atoms with Crippen LogP contribution in [0.5, 0.6) is 0 Å². The van der Waals surface area contributed by atoms with Crippen LogP contribution in [0.2, 0.25) is 5.02 Å². The number of carbonyl (C=O) groups excluding carboxylic acids is 1. The summed E-state index contributed by atoms with van der Waals surface area (Å²) in [6.07, 6.45) is 2.60. The van der Waals surface area contributed by atoms with E-state index in [9.17, 15) is 9.59 Å². The summed E-state index contributed by atoms with van der Waals surface area (Å²) in [5.41, 5.74) is 1.68. The van der Waals surface area contributed by atoms with E-state index in [1.165, 1.54) is 0 Å². The van der Waals surface area contributed by atoms with Crippen LogP contribution in [-0.4, -0.2) is 28.4 Å². The Kier molecular flexibility index (Phi) is 4.53. The van der Waals surface area contributed by atoms with Crippen LogP contribution >= 0.6 is 11.6 Å². The van der Waals surface area contributed by atoms with Gasteiger partial charge in [-0.15, -0.1) is 0 Å². The third-order valence-electron chi connectivity index (χ3n) is 4.34. The number of amides is 1. The number of aryl methyl sites for hydroxylation is 1. The molecule has 0 unspecified atom stereocenters. The average molecular weight is 331 g/mol. The normalized spacial score (nSPS) is 17.5. The zero-order chi connectivity index (χ0) is 16.4. The number of nitrogens with one attached hydrogen (secondary N) is 1. The summed E-state index contributed by atoms with van der Waals surface area (Å²) in [6, 6.07) is 11.2. The van der Waals surface area contributed by atoms with E-state index in [1.807, 2.05) is 29.2 Å². The smallest absolute Gasteiger partial charge is 0.260 e. The Morgan fingerprint density at radius 1 is 1.30 bits per heavy atom. The second-order valence-electron chi connectivity index (χ2n) is 5.97. The Balaban J connectivity index is 1.82. The minimum atomic E-state index is -0.321.